The molecule has 1 aromatic carbocycles. The van der Waals surface area contributed by atoms with Crippen molar-refractivity contribution in [3.63, 3.8) is 0 Å². The summed E-state index contributed by atoms with van der Waals surface area (Å²) in [6, 6.07) is 6.39. The number of thiophene rings is 1. The van der Waals surface area contributed by atoms with Gasteiger partial charge in [-0.05, 0) is 36.6 Å². The molecule has 4 nitrogen and oxygen atoms in total. The van der Waals surface area contributed by atoms with E-state index < -0.39 is 0 Å². The molecule has 110 valence electrons. The zero-order valence-corrected chi connectivity index (χ0v) is 12.9. The first-order valence-electron chi connectivity index (χ1n) is 6.50. The van der Waals surface area contributed by atoms with Crippen molar-refractivity contribution in [3.8, 4) is 0 Å². The van der Waals surface area contributed by atoms with Crippen LogP contribution < -0.4 is 11.3 Å². The molecule has 1 unspecified atom stereocenters. The smallest absolute Gasteiger partial charge is 0.123 e. The first-order valence-corrected chi connectivity index (χ1v) is 7.69. The van der Waals surface area contributed by atoms with Crippen LogP contribution in [0.4, 0.5) is 4.39 Å². The Labute approximate surface area is 130 Å². The number of aromatic nitrogens is 2. The number of hydrazine groups is 1. The summed E-state index contributed by atoms with van der Waals surface area (Å²) < 4.78 is 16.1. The first kappa shape index (κ1) is 14.5. The van der Waals surface area contributed by atoms with Crippen LogP contribution in [0.15, 0.2) is 30.5 Å². The van der Waals surface area contributed by atoms with Crippen LogP contribution in [0, 0.1) is 5.82 Å². The molecule has 3 rings (SSSR count). The van der Waals surface area contributed by atoms with E-state index in [4.69, 9.17) is 17.4 Å². The fraction of sp³-hybridized carbons (Fsp3) is 0.214. The van der Waals surface area contributed by atoms with Crippen LogP contribution >= 0.6 is 22.9 Å². The van der Waals surface area contributed by atoms with Crippen LogP contribution in [0.1, 0.15) is 23.5 Å². The summed E-state index contributed by atoms with van der Waals surface area (Å²) in [4.78, 5) is 0.968. The number of nitrogens with one attached hydrogen (secondary N) is 1. The van der Waals surface area contributed by atoms with Crippen LogP contribution in [0.5, 0.6) is 0 Å². The molecule has 7 heteroatoms. The lowest BCUT2D eigenvalue weighted by molar-refractivity contribution is 0.548. The quantitative estimate of drug-likeness (QED) is 0.571. The average molecular weight is 325 g/mol. The Kier molecular flexibility index (Phi) is 3.95. The van der Waals surface area contributed by atoms with Gasteiger partial charge >= 0.3 is 0 Å². The highest BCUT2D eigenvalue weighted by Crippen LogP contribution is 2.35. The van der Waals surface area contributed by atoms with E-state index in [0.29, 0.717) is 11.6 Å². The minimum atomic E-state index is -0.277. The molecule has 0 fully saturated rings. The molecule has 3 aromatic rings. The van der Waals surface area contributed by atoms with Gasteiger partial charge in [-0.2, -0.15) is 5.10 Å². The Morgan fingerprint density at radius 2 is 2.29 bits per heavy atom. The topological polar surface area (TPSA) is 55.9 Å². The zero-order chi connectivity index (χ0) is 15.0. The van der Waals surface area contributed by atoms with Crippen LogP contribution in [-0.4, -0.2) is 9.78 Å². The van der Waals surface area contributed by atoms with E-state index in [1.165, 1.54) is 12.1 Å². The van der Waals surface area contributed by atoms with E-state index in [9.17, 15) is 4.39 Å². The predicted molar refractivity (Wildman–Crippen MR) is 83.9 cm³/mol. The predicted octanol–water partition coefficient (Wildman–Crippen LogP) is 3.46. The lowest BCUT2D eigenvalue weighted by Crippen LogP contribution is -2.30. The SMILES string of the molecule is CCn1ncc(Cl)c1C(NN)c1cc2cc(F)ccc2s1. The number of nitrogens with two attached hydrogens (primary N) is 1. The number of benzene rings is 1. The zero-order valence-electron chi connectivity index (χ0n) is 11.3. The van der Waals surface area contributed by atoms with Crippen LogP contribution in [0.25, 0.3) is 10.1 Å². The summed E-state index contributed by atoms with van der Waals surface area (Å²) in [6.45, 7) is 2.68. The van der Waals surface area contributed by atoms with Gasteiger partial charge in [0, 0.05) is 16.1 Å². The fourth-order valence-corrected chi connectivity index (χ4v) is 3.74. The molecule has 2 heterocycles. The van der Waals surface area contributed by atoms with Crippen LogP contribution in [-0.2, 0) is 6.54 Å². The van der Waals surface area contributed by atoms with Gasteiger partial charge in [0.05, 0.1) is 23.0 Å². The van der Waals surface area contributed by atoms with Crippen molar-refractivity contribution in [2.45, 2.75) is 19.5 Å². The molecule has 0 bridgehead atoms. The number of halogens is 2. The monoisotopic (exact) mass is 324 g/mol. The molecule has 0 aliphatic carbocycles. The number of fused-ring (bicyclic) bond motifs is 1. The number of aryl methyl sites for hydroxylation is 1. The van der Waals surface area contributed by atoms with Gasteiger partial charge in [-0.25, -0.2) is 9.82 Å². The largest absolute Gasteiger partial charge is 0.270 e. The highest BCUT2D eigenvalue weighted by atomic mass is 35.5. The normalized spacial score (nSPS) is 13.0. The molecule has 0 aliphatic rings. The Balaban J connectivity index is 2.11. The lowest BCUT2D eigenvalue weighted by atomic mass is 10.1. The minimum Gasteiger partial charge on any atom is -0.270 e. The molecule has 0 saturated heterocycles. The number of hydrogen-bond donors (Lipinski definition) is 2. The fourth-order valence-electron chi connectivity index (χ4n) is 2.38. The van der Waals surface area contributed by atoms with E-state index in [2.05, 4.69) is 10.5 Å². The maximum atomic E-state index is 13.3. The molecule has 0 radical (unpaired) electrons. The van der Waals surface area contributed by atoms with E-state index in [-0.39, 0.29) is 11.9 Å². The van der Waals surface area contributed by atoms with Crippen LogP contribution in [0.3, 0.4) is 0 Å². The van der Waals surface area contributed by atoms with E-state index in [1.807, 2.05) is 13.0 Å². The van der Waals surface area contributed by atoms with Crippen molar-refractivity contribution in [3.05, 3.63) is 51.9 Å². The lowest BCUT2D eigenvalue weighted by Gasteiger charge is -2.16. The number of nitrogens with zero attached hydrogens (tertiary/aromatic N) is 2. The highest BCUT2D eigenvalue weighted by molar-refractivity contribution is 7.19. The van der Waals surface area contributed by atoms with Gasteiger partial charge in [0.25, 0.3) is 0 Å². The molecule has 0 spiro atoms. The van der Waals surface area contributed by atoms with E-state index in [1.54, 1.807) is 28.3 Å². The Bertz CT molecular complexity index is 782. The van der Waals surface area contributed by atoms with Gasteiger partial charge in [-0.3, -0.25) is 10.5 Å². The highest BCUT2D eigenvalue weighted by Gasteiger charge is 2.22. The molecule has 0 aliphatic heterocycles. The maximum absolute atomic E-state index is 13.3. The van der Waals surface area contributed by atoms with Crippen molar-refractivity contribution >= 4 is 33.0 Å². The van der Waals surface area contributed by atoms with Gasteiger partial charge in [0.1, 0.15) is 5.82 Å². The molecule has 1 atom stereocenters. The number of hydrogen-bond acceptors (Lipinski definition) is 4. The molecular formula is C14H14ClFN4S. The first-order chi connectivity index (χ1) is 10.1. The van der Waals surface area contributed by atoms with Crippen molar-refractivity contribution in [2.75, 3.05) is 0 Å². The third-order valence-corrected chi connectivity index (χ3v) is 4.83. The van der Waals surface area contributed by atoms with Crippen molar-refractivity contribution in [1.82, 2.24) is 15.2 Å². The second-order valence-electron chi connectivity index (χ2n) is 4.62. The average Bonchev–Trinajstić information content (AvgIpc) is 3.04. The molecule has 0 saturated carbocycles. The minimum absolute atomic E-state index is 0.249. The molecular weight excluding hydrogens is 311 g/mol. The Morgan fingerprint density at radius 3 is 3.00 bits per heavy atom. The van der Waals surface area contributed by atoms with Crippen molar-refractivity contribution in [1.29, 1.82) is 0 Å². The summed E-state index contributed by atoms with van der Waals surface area (Å²) in [5.74, 6) is 5.47. The van der Waals surface area contributed by atoms with E-state index in [0.717, 1.165) is 20.7 Å². The summed E-state index contributed by atoms with van der Waals surface area (Å²) in [6.07, 6.45) is 1.61. The summed E-state index contributed by atoms with van der Waals surface area (Å²) >= 11 is 7.79. The van der Waals surface area contributed by atoms with Crippen molar-refractivity contribution < 1.29 is 4.39 Å². The second-order valence-corrected chi connectivity index (χ2v) is 6.15. The van der Waals surface area contributed by atoms with E-state index >= 15 is 0 Å². The van der Waals surface area contributed by atoms with Gasteiger partial charge < -0.3 is 0 Å². The number of rotatable bonds is 4. The maximum Gasteiger partial charge on any atom is 0.123 e. The summed E-state index contributed by atoms with van der Waals surface area (Å²) in [7, 11) is 0. The molecule has 0 amide bonds. The van der Waals surface area contributed by atoms with Crippen molar-refractivity contribution in [2.24, 2.45) is 5.84 Å². The Hall–Kier alpha value is -1.47. The van der Waals surface area contributed by atoms with Crippen LogP contribution in [0.2, 0.25) is 5.02 Å². The standard InChI is InChI=1S/C14H14ClFN4S/c1-2-20-14(10(15)7-18-20)13(19-17)12-6-8-5-9(16)3-4-11(8)21-12/h3-7,13,19H,2,17H2,1H3. The Morgan fingerprint density at radius 1 is 1.48 bits per heavy atom. The third kappa shape index (κ3) is 2.55. The second kappa shape index (κ2) is 5.73. The molecule has 2 aromatic heterocycles. The molecule has 21 heavy (non-hydrogen) atoms. The van der Waals surface area contributed by atoms with Gasteiger partial charge in [0.2, 0.25) is 0 Å². The summed E-state index contributed by atoms with van der Waals surface area (Å²) in [5.41, 5.74) is 3.60. The molecule has 3 N–H and O–H groups in total. The summed E-state index contributed by atoms with van der Waals surface area (Å²) in [5, 5.41) is 5.64. The van der Waals surface area contributed by atoms with Gasteiger partial charge in [-0.1, -0.05) is 11.6 Å². The van der Waals surface area contributed by atoms with Gasteiger partial charge in [0.15, 0.2) is 0 Å². The van der Waals surface area contributed by atoms with Gasteiger partial charge in [-0.15, -0.1) is 11.3 Å². The third-order valence-electron chi connectivity index (χ3n) is 3.35.